The van der Waals surface area contributed by atoms with E-state index in [0.717, 1.165) is 17.1 Å². The van der Waals surface area contributed by atoms with Crippen LogP contribution in [0.2, 0.25) is 0 Å². The van der Waals surface area contributed by atoms with E-state index in [-0.39, 0.29) is 0 Å². The van der Waals surface area contributed by atoms with Crippen molar-refractivity contribution < 1.29 is 0 Å². The third-order valence-corrected chi connectivity index (χ3v) is 3.55. The molecule has 106 valence electrons. The molecule has 20 heavy (non-hydrogen) atoms. The summed E-state index contributed by atoms with van der Waals surface area (Å²) in [5.74, 6) is 0.867. The minimum atomic E-state index is 0.379. The normalized spacial score (nSPS) is 12.5. The monoisotopic (exact) mass is 270 g/mol. The zero-order valence-corrected chi connectivity index (χ0v) is 12.8. The Kier molecular flexibility index (Phi) is 4.35. The third kappa shape index (κ3) is 3.14. The van der Waals surface area contributed by atoms with E-state index in [4.69, 9.17) is 0 Å². The average Bonchev–Trinajstić information content (AvgIpc) is 2.46. The molecule has 0 amide bonds. The smallest absolute Gasteiger partial charge is 0.150 e. The first-order valence-corrected chi connectivity index (χ1v) is 6.77. The molecule has 2 aromatic rings. The topological polar surface area (TPSA) is 32.3 Å². The third-order valence-electron chi connectivity index (χ3n) is 3.55. The van der Waals surface area contributed by atoms with Gasteiger partial charge in [-0.25, -0.2) is 0 Å². The van der Waals surface area contributed by atoms with Crippen LogP contribution in [0.4, 0.5) is 5.82 Å². The van der Waals surface area contributed by atoms with Gasteiger partial charge in [-0.1, -0.05) is 18.2 Å². The molecule has 0 aliphatic heterocycles. The summed E-state index contributed by atoms with van der Waals surface area (Å²) in [5.41, 5.74) is 3.29. The summed E-state index contributed by atoms with van der Waals surface area (Å²) in [6, 6.07) is 12.9. The van der Waals surface area contributed by atoms with E-state index in [9.17, 15) is 0 Å². The van der Waals surface area contributed by atoms with Crippen molar-refractivity contribution in [1.29, 1.82) is 0 Å². The summed E-state index contributed by atoms with van der Waals surface area (Å²) >= 11 is 0. The average molecular weight is 270 g/mol. The van der Waals surface area contributed by atoms with E-state index in [1.54, 1.807) is 0 Å². The molecule has 0 N–H and O–H groups in total. The van der Waals surface area contributed by atoms with Gasteiger partial charge in [0.05, 0.1) is 5.69 Å². The second-order valence-corrected chi connectivity index (χ2v) is 5.44. The van der Waals surface area contributed by atoms with Crippen molar-refractivity contribution in [3.8, 4) is 11.3 Å². The first-order valence-electron chi connectivity index (χ1n) is 6.77. The van der Waals surface area contributed by atoms with Crippen LogP contribution < -0.4 is 4.90 Å². The van der Waals surface area contributed by atoms with Gasteiger partial charge in [0.1, 0.15) is 0 Å². The van der Waals surface area contributed by atoms with E-state index >= 15 is 0 Å². The molecule has 0 unspecified atom stereocenters. The molecular formula is C16H22N4. The standard InChI is InChI=1S/C16H22N4/c1-12(19(2)3)13-7-6-8-14(11-13)15-9-10-16(18-17-15)20(4)5/h6-12H,1-5H3/t12-/m0/s1. The zero-order valence-electron chi connectivity index (χ0n) is 12.8. The predicted molar refractivity (Wildman–Crippen MR) is 83.9 cm³/mol. The van der Waals surface area contributed by atoms with Gasteiger partial charge < -0.3 is 9.80 Å². The Labute approximate surface area is 121 Å². The minimum Gasteiger partial charge on any atom is -0.361 e. The molecule has 0 saturated heterocycles. The Balaban J connectivity index is 2.31. The molecule has 0 fully saturated rings. The van der Waals surface area contributed by atoms with Crippen molar-refractivity contribution >= 4 is 5.82 Å². The Morgan fingerprint density at radius 1 is 0.950 bits per heavy atom. The van der Waals surface area contributed by atoms with Crippen molar-refractivity contribution in [2.75, 3.05) is 33.1 Å². The van der Waals surface area contributed by atoms with Crippen LogP contribution in [0.3, 0.4) is 0 Å². The van der Waals surface area contributed by atoms with Gasteiger partial charge in [0.2, 0.25) is 0 Å². The van der Waals surface area contributed by atoms with Crippen LogP contribution in [0.1, 0.15) is 18.5 Å². The van der Waals surface area contributed by atoms with Gasteiger partial charge in [0.15, 0.2) is 5.82 Å². The number of rotatable bonds is 4. The van der Waals surface area contributed by atoms with Crippen LogP contribution in [0.15, 0.2) is 36.4 Å². The molecular weight excluding hydrogens is 248 g/mol. The number of hydrogen-bond donors (Lipinski definition) is 0. The lowest BCUT2D eigenvalue weighted by Gasteiger charge is -2.20. The number of nitrogens with zero attached hydrogens (tertiary/aromatic N) is 4. The van der Waals surface area contributed by atoms with Crippen LogP contribution in [0.5, 0.6) is 0 Å². The molecule has 1 aromatic heterocycles. The lowest BCUT2D eigenvalue weighted by molar-refractivity contribution is 0.321. The molecule has 0 radical (unpaired) electrons. The molecule has 1 atom stereocenters. The zero-order chi connectivity index (χ0) is 14.7. The second-order valence-electron chi connectivity index (χ2n) is 5.44. The van der Waals surface area contributed by atoms with Gasteiger partial charge in [-0.05, 0) is 44.8 Å². The SMILES string of the molecule is C[C@@H](c1cccc(-c2ccc(N(C)C)nn2)c1)N(C)C. The van der Waals surface area contributed by atoms with Crippen LogP contribution >= 0.6 is 0 Å². The van der Waals surface area contributed by atoms with E-state index < -0.39 is 0 Å². The van der Waals surface area contributed by atoms with Crippen LogP contribution in [0.25, 0.3) is 11.3 Å². The Bertz CT molecular complexity index is 561. The van der Waals surface area contributed by atoms with Crippen LogP contribution in [-0.4, -0.2) is 43.3 Å². The van der Waals surface area contributed by atoms with Gasteiger partial charge in [-0.2, -0.15) is 0 Å². The second kappa shape index (κ2) is 6.01. The number of anilines is 1. The summed E-state index contributed by atoms with van der Waals surface area (Å²) in [4.78, 5) is 4.14. The Morgan fingerprint density at radius 2 is 1.70 bits per heavy atom. The van der Waals surface area contributed by atoms with E-state index in [0.29, 0.717) is 6.04 Å². The maximum absolute atomic E-state index is 4.31. The molecule has 4 nitrogen and oxygen atoms in total. The molecule has 4 heteroatoms. The molecule has 0 bridgehead atoms. The number of hydrogen-bond acceptors (Lipinski definition) is 4. The van der Waals surface area contributed by atoms with Crippen molar-refractivity contribution in [1.82, 2.24) is 15.1 Å². The molecule has 0 spiro atoms. The van der Waals surface area contributed by atoms with Crippen molar-refractivity contribution in [3.05, 3.63) is 42.0 Å². The summed E-state index contributed by atoms with van der Waals surface area (Å²) in [6.45, 7) is 2.19. The summed E-state index contributed by atoms with van der Waals surface area (Å²) in [5, 5.41) is 8.54. The molecule has 2 rings (SSSR count). The maximum atomic E-state index is 4.31. The highest BCUT2D eigenvalue weighted by atomic mass is 15.2. The molecule has 0 aliphatic carbocycles. The quantitative estimate of drug-likeness (QED) is 0.855. The fourth-order valence-corrected chi connectivity index (χ4v) is 1.97. The van der Waals surface area contributed by atoms with E-state index in [1.165, 1.54) is 5.56 Å². The largest absolute Gasteiger partial charge is 0.361 e. The van der Waals surface area contributed by atoms with Crippen molar-refractivity contribution in [3.63, 3.8) is 0 Å². The van der Waals surface area contributed by atoms with Crippen LogP contribution in [0, 0.1) is 0 Å². The fourth-order valence-electron chi connectivity index (χ4n) is 1.97. The fraction of sp³-hybridized carbons (Fsp3) is 0.375. The first kappa shape index (κ1) is 14.5. The lowest BCUT2D eigenvalue weighted by Crippen LogP contribution is -2.16. The number of aromatic nitrogens is 2. The summed E-state index contributed by atoms with van der Waals surface area (Å²) in [6.07, 6.45) is 0. The highest BCUT2D eigenvalue weighted by molar-refractivity contribution is 5.60. The molecule has 1 aromatic carbocycles. The lowest BCUT2D eigenvalue weighted by atomic mass is 10.0. The highest BCUT2D eigenvalue weighted by Gasteiger charge is 2.09. The van der Waals surface area contributed by atoms with Crippen LogP contribution in [-0.2, 0) is 0 Å². The van der Waals surface area contributed by atoms with Gasteiger partial charge in [-0.15, -0.1) is 10.2 Å². The predicted octanol–water partition coefficient (Wildman–Crippen LogP) is 2.83. The van der Waals surface area contributed by atoms with Crippen molar-refractivity contribution in [2.45, 2.75) is 13.0 Å². The molecule has 1 heterocycles. The van der Waals surface area contributed by atoms with Gasteiger partial charge in [0.25, 0.3) is 0 Å². The maximum Gasteiger partial charge on any atom is 0.150 e. The molecule has 0 aliphatic rings. The highest BCUT2D eigenvalue weighted by Crippen LogP contribution is 2.24. The van der Waals surface area contributed by atoms with Crippen molar-refractivity contribution in [2.24, 2.45) is 0 Å². The van der Waals surface area contributed by atoms with Gasteiger partial charge in [-0.3, -0.25) is 0 Å². The van der Waals surface area contributed by atoms with Gasteiger partial charge in [0, 0.05) is 25.7 Å². The molecule has 0 saturated carbocycles. The number of benzene rings is 1. The Morgan fingerprint density at radius 3 is 2.25 bits per heavy atom. The Hall–Kier alpha value is -1.94. The van der Waals surface area contributed by atoms with Gasteiger partial charge >= 0.3 is 0 Å². The summed E-state index contributed by atoms with van der Waals surface area (Å²) < 4.78 is 0. The minimum absolute atomic E-state index is 0.379. The van der Waals surface area contributed by atoms with E-state index in [1.807, 2.05) is 31.1 Å². The summed E-state index contributed by atoms with van der Waals surface area (Å²) in [7, 11) is 8.10. The first-order chi connectivity index (χ1) is 9.49. The van der Waals surface area contributed by atoms with E-state index in [2.05, 4.69) is 60.4 Å².